The van der Waals surface area contributed by atoms with Crippen molar-refractivity contribution in [3.63, 3.8) is 0 Å². The minimum atomic E-state index is -0.442. The number of nitrogens with one attached hydrogen (secondary N) is 1. The van der Waals surface area contributed by atoms with E-state index < -0.39 is 6.10 Å². The number of carbonyl (C=O) groups excluding carboxylic acids is 1. The molecule has 0 spiro atoms. The Hall–Kier alpha value is -2.80. The zero-order chi connectivity index (χ0) is 17.1. The van der Waals surface area contributed by atoms with Crippen LogP contribution in [0.25, 0.3) is 10.7 Å². The number of benzene rings is 1. The zero-order valence-corrected chi connectivity index (χ0v) is 14.2. The summed E-state index contributed by atoms with van der Waals surface area (Å²) in [5.41, 5.74) is 2.78. The smallest absolute Gasteiger partial charge is 0.261 e. The molecule has 1 N–H and O–H groups in total. The molecule has 3 aromatic rings. The van der Waals surface area contributed by atoms with E-state index in [1.807, 2.05) is 29.6 Å². The molecular formula is C18H16N4O2S. The molecule has 0 saturated carbocycles. The third-order valence-corrected chi connectivity index (χ3v) is 4.87. The van der Waals surface area contributed by atoms with E-state index in [1.54, 1.807) is 18.6 Å². The van der Waals surface area contributed by atoms with Crippen molar-refractivity contribution in [2.45, 2.75) is 18.9 Å². The van der Waals surface area contributed by atoms with Crippen molar-refractivity contribution in [2.24, 2.45) is 0 Å². The van der Waals surface area contributed by atoms with Crippen LogP contribution in [0.5, 0.6) is 5.75 Å². The number of hydrogen-bond donors (Lipinski definition) is 1. The van der Waals surface area contributed by atoms with E-state index in [-0.39, 0.29) is 5.91 Å². The maximum atomic E-state index is 12.3. The first-order valence-corrected chi connectivity index (χ1v) is 8.90. The van der Waals surface area contributed by atoms with Gasteiger partial charge in [0.1, 0.15) is 16.5 Å². The number of nitrogens with zero attached hydrogens (tertiary/aromatic N) is 3. The van der Waals surface area contributed by atoms with Gasteiger partial charge in [0.15, 0.2) is 6.10 Å². The van der Waals surface area contributed by atoms with Crippen molar-refractivity contribution in [1.29, 1.82) is 0 Å². The maximum absolute atomic E-state index is 12.3. The number of aromatic nitrogens is 3. The molecule has 1 aliphatic heterocycles. The number of ether oxygens (including phenoxy) is 1. The second-order valence-electron chi connectivity index (χ2n) is 5.69. The molecule has 7 heteroatoms. The van der Waals surface area contributed by atoms with Crippen LogP contribution in [0.2, 0.25) is 0 Å². The quantitative estimate of drug-likeness (QED) is 0.762. The van der Waals surface area contributed by atoms with Gasteiger partial charge < -0.3 is 10.1 Å². The van der Waals surface area contributed by atoms with Crippen LogP contribution < -0.4 is 10.1 Å². The Morgan fingerprint density at radius 1 is 1.32 bits per heavy atom. The van der Waals surface area contributed by atoms with Crippen LogP contribution in [0, 0.1) is 0 Å². The van der Waals surface area contributed by atoms with Crippen molar-refractivity contribution in [1.82, 2.24) is 20.3 Å². The maximum Gasteiger partial charge on any atom is 0.261 e. The summed E-state index contributed by atoms with van der Waals surface area (Å²) in [4.78, 5) is 25.1. The van der Waals surface area contributed by atoms with Gasteiger partial charge in [-0.15, -0.1) is 11.3 Å². The molecule has 1 aliphatic rings. The fourth-order valence-electron chi connectivity index (χ4n) is 2.70. The Morgan fingerprint density at radius 3 is 3.08 bits per heavy atom. The predicted molar refractivity (Wildman–Crippen MR) is 94.4 cm³/mol. The van der Waals surface area contributed by atoms with E-state index in [9.17, 15) is 4.79 Å². The number of amides is 1. The number of rotatable bonds is 5. The topological polar surface area (TPSA) is 77.0 Å². The zero-order valence-electron chi connectivity index (χ0n) is 13.4. The third-order valence-electron chi connectivity index (χ3n) is 3.95. The molecule has 25 heavy (non-hydrogen) atoms. The molecule has 0 aliphatic carbocycles. The molecule has 0 bridgehead atoms. The Kier molecular flexibility index (Phi) is 4.39. The predicted octanol–water partition coefficient (Wildman–Crippen LogP) is 2.26. The van der Waals surface area contributed by atoms with Gasteiger partial charge in [0, 0.05) is 37.2 Å². The SMILES string of the molecule is O=C(NCCc1csc(-c2cnccn2)n1)[C@@H]1Cc2ccccc2O1. The number of carbonyl (C=O) groups is 1. The van der Waals surface area contributed by atoms with E-state index in [1.165, 1.54) is 11.3 Å². The summed E-state index contributed by atoms with van der Waals surface area (Å²) in [6.45, 7) is 0.526. The van der Waals surface area contributed by atoms with Crippen LogP contribution >= 0.6 is 11.3 Å². The van der Waals surface area contributed by atoms with Gasteiger partial charge in [0.05, 0.1) is 11.9 Å². The molecule has 2 aromatic heterocycles. The first-order valence-electron chi connectivity index (χ1n) is 8.02. The molecule has 0 saturated heterocycles. The lowest BCUT2D eigenvalue weighted by molar-refractivity contribution is -0.127. The fraction of sp³-hybridized carbons (Fsp3) is 0.222. The van der Waals surface area contributed by atoms with Crippen LogP contribution in [-0.2, 0) is 17.6 Å². The highest BCUT2D eigenvalue weighted by atomic mass is 32.1. The van der Waals surface area contributed by atoms with Gasteiger partial charge in [-0.1, -0.05) is 18.2 Å². The first kappa shape index (κ1) is 15.7. The number of hydrogen-bond acceptors (Lipinski definition) is 6. The molecule has 1 aromatic carbocycles. The second kappa shape index (κ2) is 6.98. The van der Waals surface area contributed by atoms with Crippen LogP contribution in [0.15, 0.2) is 48.2 Å². The molecule has 4 rings (SSSR count). The summed E-state index contributed by atoms with van der Waals surface area (Å²) in [7, 11) is 0. The highest BCUT2D eigenvalue weighted by molar-refractivity contribution is 7.13. The van der Waals surface area contributed by atoms with Crippen molar-refractivity contribution in [2.75, 3.05) is 6.54 Å². The Labute approximate surface area is 148 Å². The first-order chi connectivity index (χ1) is 12.3. The van der Waals surface area contributed by atoms with Gasteiger partial charge >= 0.3 is 0 Å². The van der Waals surface area contributed by atoms with E-state index in [2.05, 4.69) is 20.3 Å². The van der Waals surface area contributed by atoms with E-state index in [0.29, 0.717) is 19.4 Å². The molecule has 0 radical (unpaired) electrons. The van der Waals surface area contributed by atoms with Crippen LogP contribution in [0.3, 0.4) is 0 Å². The van der Waals surface area contributed by atoms with E-state index in [4.69, 9.17) is 4.74 Å². The molecule has 3 heterocycles. The molecule has 6 nitrogen and oxygen atoms in total. The van der Waals surface area contributed by atoms with Gasteiger partial charge in [0.25, 0.3) is 5.91 Å². The lowest BCUT2D eigenvalue weighted by Gasteiger charge is -2.10. The number of fused-ring (bicyclic) bond motifs is 1. The average molecular weight is 352 g/mol. The highest BCUT2D eigenvalue weighted by Gasteiger charge is 2.28. The Balaban J connectivity index is 1.29. The standard InChI is InChI=1S/C18H16N4O2S/c23-17(16-9-12-3-1-2-4-15(12)24-16)21-6-5-13-11-25-18(22-13)14-10-19-7-8-20-14/h1-4,7-8,10-11,16H,5-6,9H2,(H,21,23)/t16-/m0/s1. The molecular weight excluding hydrogens is 336 g/mol. The minimum absolute atomic E-state index is 0.0828. The van der Waals surface area contributed by atoms with Gasteiger partial charge in [-0.25, -0.2) is 4.98 Å². The molecule has 1 amide bonds. The van der Waals surface area contributed by atoms with Crippen LogP contribution in [-0.4, -0.2) is 33.5 Å². The monoisotopic (exact) mass is 352 g/mol. The van der Waals surface area contributed by atoms with Crippen LogP contribution in [0.4, 0.5) is 0 Å². The van der Waals surface area contributed by atoms with E-state index >= 15 is 0 Å². The van der Waals surface area contributed by atoms with Gasteiger partial charge in [-0.2, -0.15) is 0 Å². The highest BCUT2D eigenvalue weighted by Crippen LogP contribution is 2.28. The molecule has 0 fully saturated rings. The van der Waals surface area contributed by atoms with Crippen molar-refractivity contribution in [3.8, 4) is 16.5 Å². The van der Waals surface area contributed by atoms with Crippen molar-refractivity contribution >= 4 is 17.2 Å². The van der Waals surface area contributed by atoms with Crippen molar-refractivity contribution in [3.05, 3.63) is 59.5 Å². The summed E-state index contributed by atoms with van der Waals surface area (Å²) in [6.07, 6.45) is 5.83. The largest absolute Gasteiger partial charge is 0.480 e. The average Bonchev–Trinajstić information content (AvgIpc) is 3.29. The summed E-state index contributed by atoms with van der Waals surface area (Å²) in [6, 6.07) is 7.76. The Morgan fingerprint density at radius 2 is 2.24 bits per heavy atom. The van der Waals surface area contributed by atoms with Crippen molar-refractivity contribution < 1.29 is 9.53 Å². The normalized spacial score (nSPS) is 15.4. The summed E-state index contributed by atoms with van der Waals surface area (Å²) < 4.78 is 5.69. The second-order valence-corrected chi connectivity index (χ2v) is 6.55. The van der Waals surface area contributed by atoms with Gasteiger partial charge in [0.2, 0.25) is 0 Å². The lowest BCUT2D eigenvalue weighted by atomic mass is 10.1. The fourth-order valence-corrected chi connectivity index (χ4v) is 3.52. The summed E-state index contributed by atoms with van der Waals surface area (Å²) in [5.74, 6) is 0.719. The van der Waals surface area contributed by atoms with Crippen LogP contribution in [0.1, 0.15) is 11.3 Å². The molecule has 0 unspecified atom stereocenters. The lowest BCUT2D eigenvalue weighted by Crippen LogP contribution is -2.38. The summed E-state index contributed by atoms with van der Waals surface area (Å²) in [5, 5.41) is 5.75. The minimum Gasteiger partial charge on any atom is -0.480 e. The van der Waals surface area contributed by atoms with Gasteiger partial charge in [-0.05, 0) is 11.6 Å². The number of thiazole rings is 1. The van der Waals surface area contributed by atoms with Gasteiger partial charge in [-0.3, -0.25) is 14.8 Å². The molecule has 126 valence electrons. The Bertz CT molecular complexity index is 857. The third kappa shape index (κ3) is 3.51. The summed E-state index contributed by atoms with van der Waals surface area (Å²) >= 11 is 1.53. The number of para-hydroxylation sites is 1. The molecule has 1 atom stereocenters. The van der Waals surface area contributed by atoms with E-state index in [0.717, 1.165) is 27.7 Å².